The monoisotopic (exact) mass is 295 g/mol. The van der Waals surface area contributed by atoms with E-state index >= 15 is 0 Å². The van der Waals surface area contributed by atoms with E-state index in [1.54, 1.807) is 22.9 Å². The van der Waals surface area contributed by atoms with Crippen LogP contribution in [0.2, 0.25) is 0 Å². The molecule has 2 rings (SSSR count). The largest absolute Gasteiger partial charge is 0.364 e. The smallest absolute Gasteiger partial charge is 0.333 e. The van der Waals surface area contributed by atoms with Gasteiger partial charge in [0.25, 0.3) is 0 Å². The Kier molecular flexibility index (Phi) is 4.33. The van der Waals surface area contributed by atoms with Gasteiger partial charge in [0.2, 0.25) is 5.82 Å². The summed E-state index contributed by atoms with van der Waals surface area (Å²) in [6, 6.07) is 0. The van der Waals surface area contributed by atoms with Crippen LogP contribution in [0, 0.1) is 24.0 Å². The lowest BCUT2D eigenvalue weighted by Crippen LogP contribution is -2.11. The number of nitrogens with one attached hydrogen (secondary N) is 1. The molecule has 2 aromatic heterocycles. The molecule has 108 valence electrons. The Morgan fingerprint density at radius 1 is 1.50 bits per heavy atom. The first-order chi connectivity index (χ1) is 9.52. The van der Waals surface area contributed by atoms with Gasteiger partial charge in [0.1, 0.15) is 5.69 Å². The lowest BCUT2D eigenvalue weighted by molar-refractivity contribution is -0.384. The van der Waals surface area contributed by atoms with Gasteiger partial charge in [-0.25, -0.2) is 9.67 Å². The van der Waals surface area contributed by atoms with Gasteiger partial charge in [0, 0.05) is 24.9 Å². The fourth-order valence-electron chi connectivity index (χ4n) is 2.03. The number of thiazole rings is 1. The SMILES string of the molecule is CCn1nc(C)c([N+](=O)[O-])c1NCCc1csc(C)n1. The molecule has 20 heavy (non-hydrogen) atoms. The molecule has 0 bridgehead atoms. The highest BCUT2D eigenvalue weighted by molar-refractivity contribution is 7.09. The Labute approximate surface area is 120 Å². The molecule has 1 N–H and O–H groups in total. The predicted molar refractivity (Wildman–Crippen MR) is 78.3 cm³/mol. The maximum absolute atomic E-state index is 11.1. The van der Waals surface area contributed by atoms with Gasteiger partial charge in [-0.15, -0.1) is 11.3 Å². The predicted octanol–water partition coefficient (Wildman–Crippen LogP) is 2.54. The summed E-state index contributed by atoms with van der Waals surface area (Å²) in [5.41, 5.74) is 1.49. The van der Waals surface area contributed by atoms with E-state index in [1.165, 1.54) is 0 Å². The first-order valence-corrected chi connectivity index (χ1v) is 7.27. The number of hydrogen-bond acceptors (Lipinski definition) is 6. The van der Waals surface area contributed by atoms with Crippen LogP contribution in [0.25, 0.3) is 0 Å². The molecule has 0 aliphatic carbocycles. The standard InChI is InChI=1S/C12H17N5O2S/c1-4-16-12(11(17(18)19)8(2)15-16)13-6-5-10-7-20-9(3)14-10/h7,13H,4-6H2,1-3H3. The van der Waals surface area contributed by atoms with Crippen molar-refractivity contribution in [3.05, 3.63) is 31.9 Å². The van der Waals surface area contributed by atoms with Crippen LogP contribution in [-0.4, -0.2) is 26.2 Å². The lowest BCUT2D eigenvalue weighted by atomic mass is 10.3. The summed E-state index contributed by atoms with van der Waals surface area (Å²) in [7, 11) is 0. The van der Waals surface area contributed by atoms with Gasteiger partial charge in [0.15, 0.2) is 0 Å². The highest BCUT2D eigenvalue weighted by atomic mass is 32.1. The van der Waals surface area contributed by atoms with Crippen LogP contribution in [0.5, 0.6) is 0 Å². The molecule has 2 aromatic rings. The average Bonchev–Trinajstić information content (AvgIpc) is 2.93. The van der Waals surface area contributed by atoms with Gasteiger partial charge in [-0.2, -0.15) is 5.10 Å². The third-order valence-corrected chi connectivity index (χ3v) is 3.74. The van der Waals surface area contributed by atoms with E-state index in [9.17, 15) is 10.1 Å². The quantitative estimate of drug-likeness (QED) is 0.653. The fraction of sp³-hybridized carbons (Fsp3) is 0.500. The molecule has 0 saturated carbocycles. The Morgan fingerprint density at radius 2 is 2.25 bits per heavy atom. The molecular formula is C12H17N5O2S. The van der Waals surface area contributed by atoms with E-state index in [0.717, 1.165) is 17.1 Å². The van der Waals surface area contributed by atoms with Crippen molar-refractivity contribution >= 4 is 22.8 Å². The molecule has 7 nitrogen and oxygen atoms in total. The van der Waals surface area contributed by atoms with Gasteiger partial charge in [-0.1, -0.05) is 0 Å². The van der Waals surface area contributed by atoms with Crippen LogP contribution in [0.1, 0.15) is 23.3 Å². The van der Waals surface area contributed by atoms with E-state index < -0.39 is 0 Å². The second-order valence-electron chi connectivity index (χ2n) is 4.39. The molecule has 8 heteroatoms. The minimum atomic E-state index is -0.385. The number of nitro groups is 1. The Balaban J connectivity index is 2.10. The lowest BCUT2D eigenvalue weighted by Gasteiger charge is -2.06. The zero-order valence-corrected chi connectivity index (χ0v) is 12.5. The van der Waals surface area contributed by atoms with E-state index in [-0.39, 0.29) is 10.6 Å². The summed E-state index contributed by atoms with van der Waals surface area (Å²) >= 11 is 1.61. The number of aryl methyl sites for hydroxylation is 3. The number of rotatable bonds is 6. The normalized spacial score (nSPS) is 10.8. The molecule has 0 unspecified atom stereocenters. The second kappa shape index (κ2) is 6.00. The van der Waals surface area contributed by atoms with Gasteiger partial charge >= 0.3 is 5.69 Å². The van der Waals surface area contributed by atoms with Gasteiger partial charge < -0.3 is 5.32 Å². The molecule has 2 heterocycles. The van der Waals surface area contributed by atoms with E-state index in [0.29, 0.717) is 24.6 Å². The second-order valence-corrected chi connectivity index (χ2v) is 5.45. The highest BCUT2D eigenvalue weighted by Crippen LogP contribution is 2.28. The zero-order valence-electron chi connectivity index (χ0n) is 11.7. The van der Waals surface area contributed by atoms with Crippen molar-refractivity contribution in [3.8, 4) is 0 Å². The minimum absolute atomic E-state index is 0.0568. The molecule has 0 amide bonds. The maximum atomic E-state index is 11.1. The molecule has 0 radical (unpaired) electrons. The molecular weight excluding hydrogens is 278 g/mol. The van der Waals surface area contributed by atoms with Crippen LogP contribution in [0.3, 0.4) is 0 Å². The van der Waals surface area contributed by atoms with Crippen molar-refractivity contribution in [1.82, 2.24) is 14.8 Å². The fourth-order valence-corrected chi connectivity index (χ4v) is 2.67. The third kappa shape index (κ3) is 2.96. The number of hydrogen-bond donors (Lipinski definition) is 1. The average molecular weight is 295 g/mol. The molecule has 0 spiro atoms. The zero-order chi connectivity index (χ0) is 14.7. The Hall–Kier alpha value is -1.96. The minimum Gasteiger partial charge on any atom is -0.364 e. The van der Waals surface area contributed by atoms with Crippen molar-refractivity contribution in [2.75, 3.05) is 11.9 Å². The number of anilines is 1. The third-order valence-electron chi connectivity index (χ3n) is 2.92. The summed E-state index contributed by atoms with van der Waals surface area (Å²) in [6.45, 7) is 6.70. The van der Waals surface area contributed by atoms with Crippen molar-refractivity contribution in [3.63, 3.8) is 0 Å². The summed E-state index contributed by atoms with van der Waals surface area (Å²) in [4.78, 5) is 15.1. The summed E-state index contributed by atoms with van der Waals surface area (Å²) < 4.78 is 1.62. The van der Waals surface area contributed by atoms with Crippen LogP contribution < -0.4 is 5.32 Å². The van der Waals surface area contributed by atoms with E-state index in [4.69, 9.17) is 0 Å². The highest BCUT2D eigenvalue weighted by Gasteiger charge is 2.24. The summed E-state index contributed by atoms with van der Waals surface area (Å²) in [5.74, 6) is 0.474. The number of nitrogens with zero attached hydrogens (tertiary/aromatic N) is 4. The van der Waals surface area contributed by atoms with Crippen molar-refractivity contribution in [2.24, 2.45) is 0 Å². The number of aromatic nitrogens is 3. The molecule has 0 saturated heterocycles. The molecule has 0 aliphatic heterocycles. The van der Waals surface area contributed by atoms with Crippen molar-refractivity contribution < 1.29 is 4.92 Å². The Morgan fingerprint density at radius 3 is 2.80 bits per heavy atom. The Bertz CT molecular complexity index is 619. The molecule has 0 atom stereocenters. The van der Waals surface area contributed by atoms with E-state index in [2.05, 4.69) is 15.4 Å². The van der Waals surface area contributed by atoms with Crippen LogP contribution >= 0.6 is 11.3 Å². The van der Waals surface area contributed by atoms with Crippen LogP contribution in [0.15, 0.2) is 5.38 Å². The summed E-state index contributed by atoms with van der Waals surface area (Å²) in [6.07, 6.45) is 0.732. The summed E-state index contributed by atoms with van der Waals surface area (Å²) in [5, 5.41) is 21.4. The molecule has 0 fully saturated rings. The first kappa shape index (κ1) is 14.4. The topological polar surface area (TPSA) is 85.9 Å². The van der Waals surface area contributed by atoms with Crippen molar-refractivity contribution in [2.45, 2.75) is 33.7 Å². The van der Waals surface area contributed by atoms with Crippen LogP contribution in [0.4, 0.5) is 11.5 Å². The molecule has 0 aromatic carbocycles. The first-order valence-electron chi connectivity index (χ1n) is 6.39. The van der Waals surface area contributed by atoms with Gasteiger partial charge in [0.05, 0.1) is 15.6 Å². The maximum Gasteiger partial charge on any atom is 0.333 e. The van der Waals surface area contributed by atoms with E-state index in [1.807, 2.05) is 19.2 Å². The molecule has 0 aliphatic rings. The van der Waals surface area contributed by atoms with Crippen LogP contribution in [-0.2, 0) is 13.0 Å². The van der Waals surface area contributed by atoms with Gasteiger partial charge in [-0.3, -0.25) is 10.1 Å². The van der Waals surface area contributed by atoms with Crippen molar-refractivity contribution in [1.29, 1.82) is 0 Å². The van der Waals surface area contributed by atoms with Gasteiger partial charge in [-0.05, 0) is 20.8 Å².